The van der Waals surface area contributed by atoms with E-state index in [1.807, 2.05) is 24.0 Å². The van der Waals surface area contributed by atoms with Gasteiger partial charge in [0.15, 0.2) is 0 Å². The molecular formula is C15H21ClN2O2. The van der Waals surface area contributed by atoms with E-state index in [2.05, 4.69) is 5.32 Å². The zero-order valence-corrected chi connectivity index (χ0v) is 12.5. The number of aryl methyl sites for hydroxylation is 1. The number of nitrogens with zero attached hydrogens (tertiary/aromatic N) is 1. The van der Waals surface area contributed by atoms with Crippen LogP contribution in [-0.4, -0.2) is 35.2 Å². The number of nitrogens with one attached hydrogen (secondary N) is 1. The van der Waals surface area contributed by atoms with Gasteiger partial charge in [0, 0.05) is 19.2 Å². The Morgan fingerprint density at radius 3 is 3.00 bits per heavy atom. The molecule has 2 N–H and O–H groups in total. The molecule has 1 saturated heterocycles. The third-order valence-corrected chi connectivity index (χ3v) is 4.12. The molecule has 1 fully saturated rings. The molecule has 110 valence electrons. The van der Waals surface area contributed by atoms with Crippen LogP contribution in [-0.2, 0) is 0 Å². The van der Waals surface area contributed by atoms with Crippen LogP contribution >= 0.6 is 11.6 Å². The molecule has 0 bridgehead atoms. The van der Waals surface area contributed by atoms with E-state index < -0.39 is 0 Å². The summed E-state index contributed by atoms with van der Waals surface area (Å²) in [6.07, 6.45) is 3.71. The summed E-state index contributed by atoms with van der Waals surface area (Å²) in [4.78, 5) is 14.3. The topological polar surface area (TPSA) is 52.6 Å². The number of hydrogen-bond acceptors (Lipinski definition) is 2. The summed E-state index contributed by atoms with van der Waals surface area (Å²) in [5.74, 6) is 0. The lowest BCUT2D eigenvalue weighted by molar-refractivity contribution is 0.141. The Labute approximate surface area is 124 Å². The van der Waals surface area contributed by atoms with Gasteiger partial charge in [-0.2, -0.15) is 0 Å². The summed E-state index contributed by atoms with van der Waals surface area (Å²) in [6, 6.07) is 5.55. The van der Waals surface area contributed by atoms with Crippen molar-refractivity contribution >= 4 is 23.3 Å². The molecule has 0 aromatic heterocycles. The number of urea groups is 1. The van der Waals surface area contributed by atoms with E-state index in [9.17, 15) is 4.79 Å². The molecule has 4 nitrogen and oxygen atoms in total. The zero-order chi connectivity index (χ0) is 14.5. The Morgan fingerprint density at radius 2 is 2.30 bits per heavy atom. The van der Waals surface area contributed by atoms with Crippen LogP contribution < -0.4 is 5.32 Å². The molecule has 1 aliphatic rings. The number of halogens is 1. The van der Waals surface area contributed by atoms with Crippen molar-refractivity contribution in [1.29, 1.82) is 0 Å². The van der Waals surface area contributed by atoms with Gasteiger partial charge >= 0.3 is 6.03 Å². The first kappa shape index (κ1) is 15.1. The maximum Gasteiger partial charge on any atom is 0.322 e. The van der Waals surface area contributed by atoms with Crippen molar-refractivity contribution in [2.45, 2.75) is 38.6 Å². The van der Waals surface area contributed by atoms with Gasteiger partial charge in [-0.15, -0.1) is 0 Å². The fourth-order valence-corrected chi connectivity index (χ4v) is 2.96. The fourth-order valence-electron chi connectivity index (χ4n) is 2.69. The molecule has 20 heavy (non-hydrogen) atoms. The van der Waals surface area contributed by atoms with Crippen LogP contribution in [0.5, 0.6) is 0 Å². The Kier molecular flexibility index (Phi) is 5.26. The minimum absolute atomic E-state index is 0.111. The lowest BCUT2D eigenvalue weighted by Crippen LogP contribution is -2.46. The van der Waals surface area contributed by atoms with Gasteiger partial charge in [0.2, 0.25) is 0 Å². The van der Waals surface area contributed by atoms with Gasteiger partial charge < -0.3 is 15.3 Å². The second-order valence-electron chi connectivity index (χ2n) is 5.22. The molecule has 1 heterocycles. The lowest BCUT2D eigenvalue weighted by atomic mass is 10.00. The second-order valence-corrected chi connectivity index (χ2v) is 5.62. The monoisotopic (exact) mass is 296 g/mol. The largest absolute Gasteiger partial charge is 0.396 e. The van der Waals surface area contributed by atoms with E-state index in [0.29, 0.717) is 17.1 Å². The van der Waals surface area contributed by atoms with Crippen LogP contribution in [0.4, 0.5) is 10.5 Å². The number of anilines is 1. The number of hydrogen-bond donors (Lipinski definition) is 2. The SMILES string of the molecule is Cc1cccc(Cl)c1NC(=O)N1CCCC[C@@H]1CCO. The number of aliphatic hydroxyl groups is 1. The minimum Gasteiger partial charge on any atom is -0.396 e. The van der Waals surface area contributed by atoms with Gasteiger partial charge in [-0.05, 0) is 44.2 Å². The second kappa shape index (κ2) is 6.95. The van der Waals surface area contributed by atoms with E-state index in [4.69, 9.17) is 16.7 Å². The quantitative estimate of drug-likeness (QED) is 0.898. The molecule has 1 aliphatic heterocycles. The van der Waals surface area contributed by atoms with Crippen molar-refractivity contribution in [3.63, 3.8) is 0 Å². The molecular weight excluding hydrogens is 276 g/mol. The Morgan fingerprint density at radius 1 is 1.50 bits per heavy atom. The van der Waals surface area contributed by atoms with E-state index >= 15 is 0 Å². The van der Waals surface area contributed by atoms with E-state index in [1.165, 1.54) is 0 Å². The normalized spacial score (nSPS) is 18.9. The Bertz CT molecular complexity index is 457. The first-order valence-electron chi connectivity index (χ1n) is 7.07. The molecule has 0 aliphatic carbocycles. The third kappa shape index (κ3) is 3.44. The van der Waals surface area contributed by atoms with Gasteiger partial charge in [-0.25, -0.2) is 4.79 Å². The first-order chi connectivity index (χ1) is 9.63. The summed E-state index contributed by atoms with van der Waals surface area (Å²) in [6.45, 7) is 2.77. The van der Waals surface area contributed by atoms with Gasteiger partial charge in [0.25, 0.3) is 0 Å². The summed E-state index contributed by atoms with van der Waals surface area (Å²) in [5, 5.41) is 12.6. The van der Waals surface area contributed by atoms with Crippen LogP contribution in [0.25, 0.3) is 0 Å². The van der Waals surface area contributed by atoms with Crippen LogP contribution in [0.3, 0.4) is 0 Å². The highest BCUT2D eigenvalue weighted by Crippen LogP contribution is 2.27. The molecule has 0 radical (unpaired) electrons. The van der Waals surface area contributed by atoms with Crippen molar-refractivity contribution in [3.05, 3.63) is 28.8 Å². The molecule has 1 aromatic carbocycles. The molecule has 2 rings (SSSR count). The third-order valence-electron chi connectivity index (χ3n) is 3.80. The molecule has 0 spiro atoms. The van der Waals surface area contributed by atoms with E-state index in [1.54, 1.807) is 6.07 Å². The van der Waals surface area contributed by atoms with Crippen LogP contribution in [0.15, 0.2) is 18.2 Å². The number of rotatable bonds is 3. The van der Waals surface area contributed by atoms with Crippen LogP contribution in [0.2, 0.25) is 5.02 Å². The first-order valence-corrected chi connectivity index (χ1v) is 7.45. The maximum absolute atomic E-state index is 12.4. The Balaban J connectivity index is 2.10. The summed E-state index contributed by atoms with van der Waals surface area (Å²) < 4.78 is 0. The number of amides is 2. The minimum atomic E-state index is -0.126. The van der Waals surface area contributed by atoms with E-state index in [-0.39, 0.29) is 18.7 Å². The molecule has 1 atom stereocenters. The van der Waals surface area contributed by atoms with Gasteiger partial charge in [0.1, 0.15) is 0 Å². The standard InChI is InChI=1S/C15H21ClN2O2/c1-11-5-4-7-13(16)14(11)17-15(20)18-9-3-2-6-12(18)8-10-19/h4-5,7,12,19H,2-3,6,8-10H2,1H3,(H,17,20)/t12-/m1/s1. The highest BCUT2D eigenvalue weighted by atomic mass is 35.5. The number of carbonyl (C=O) groups excluding carboxylic acids is 1. The molecule has 0 unspecified atom stereocenters. The average molecular weight is 297 g/mol. The molecule has 1 aromatic rings. The van der Waals surface area contributed by atoms with Crippen molar-refractivity contribution in [2.75, 3.05) is 18.5 Å². The predicted molar refractivity (Wildman–Crippen MR) is 81.3 cm³/mol. The zero-order valence-electron chi connectivity index (χ0n) is 11.7. The highest BCUT2D eigenvalue weighted by molar-refractivity contribution is 6.33. The van der Waals surface area contributed by atoms with Crippen molar-refractivity contribution < 1.29 is 9.90 Å². The number of para-hydroxylation sites is 1. The van der Waals surface area contributed by atoms with Crippen LogP contribution in [0.1, 0.15) is 31.2 Å². The van der Waals surface area contributed by atoms with E-state index in [0.717, 1.165) is 31.4 Å². The lowest BCUT2D eigenvalue weighted by Gasteiger charge is -2.35. The number of carbonyl (C=O) groups is 1. The molecule has 2 amide bonds. The van der Waals surface area contributed by atoms with Gasteiger partial charge in [-0.3, -0.25) is 0 Å². The van der Waals surface area contributed by atoms with Gasteiger partial charge in [0.05, 0.1) is 10.7 Å². The number of likely N-dealkylation sites (tertiary alicyclic amines) is 1. The summed E-state index contributed by atoms with van der Waals surface area (Å²) >= 11 is 6.14. The van der Waals surface area contributed by atoms with Gasteiger partial charge in [-0.1, -0.05) is 23.7 Å². The number of benzene rings is 1. The van der Waals surface area contributed by atoms with Crippen LogP contribution in [0, 0.1) is 6.92 Å². The number of aliphatic hydroxyl groups excluding tert-OH is 1. The molecule has 5 heteroatoms. The molecule has 0 saturated carbocycles. The van der Waals surface area contributed by atoms with Crippen molar-refractivity contribution in [1.82, 2.24) is 4.90 Å². The van der Waals surface area contributed by atoms with Crippen molar-refractivity contribution in [2.24, 2.45) is 0 Å². The highest BCUT2D eigenvalue weighted by Gasteiger charge is 2.26. The average Bonchev–Trinajstić information content (AvgIpc) is 2.44. The maximum atomic E-state index is 12.4. The number of piperidine rings is 1. The fraction of sp³-hybridized carbons (Fsp3) is 0.533. The predicted octanol–water partition coefficient (Wildman–Crippen LogP) is 3.42. The smallest absolute Gasteiger partial charge is 0.322 e. The Hall–Kier alpha value is -1.26. The summed E-state index contributed by atoms with van der Waals surface area (Å²) in [7, 11) is 0. The van der Waals surface area contributed by atoms with Crippen molar-refractivity contribution in [3.8, 4) is 0 Å². The summed E-state index contributed by atoms with van der Waals surface area (Å²) in [5.41, 5.74) is 1.62.